The summed E-state index contributed by atoms with van der Waals surface area (Å²) >= 11 is 2.58. The minimum absolute atomic E-state index is 0.268. The highest BCUT2D eigenvalue weighted by atomic mass is 32.2. The molecule has 3 heterocycles. The summed E-state index contributed by atoms with van der Waals surface area (Å²) in [4.78, 5) is 47.1. The smallest absolute Gasteiger partial charge is 0.341 e. The van der Waals surface area contributed by atoms with Crippen LogP contribution in [0, 0.1) is 6.92 Å². The van der Waals surface area contributed by atoms with E-state index in [-0.39, 0.29) is 18.1 Å². The van der Waals surface area contributed by atoms with Gasteiger partial charge in [0.1, 0.15) is 10.4 Å². The van der Waals surface area contributed by atoms with Gasteiger partial charge in [0.05, 0.1) is 29.3 Å². The average molecular weight is 538 g/mol. The summed E-state index contributed by atoms with van der Waals surface area (Å²) in [6.07, 6.45) is 5.26. The van der Waals surface area contributed by atoms with Gasteiger partial charge in [-0.2, -0.15) is 5.10 Å². The van der Waals surface area contributed by atoms with E-state index >= 15 is 0 Å². The molecule has 1 aliphatic carbocycles. The number of H-pyrrole nitrogens is 1. The number of aromatic amines is 1. The highest BCUT2D eigenvalue weighted by molar-refractivity contribution is 8.00. The molecule has 0 unspecified atom stereocenters. The molecule has 0 saturated carbocycles. The van der Waals surface area contributed by atoms with Crippen LogP contribution in [0.3, 0.4) is 0 Å². The summed E-state index contributed by atoms with van der Waals surface area (Å²) in [5, 5.41) is 7.89. The topological polar surface area (TPSA) is 119 Å². The zero-order valence-corrected chi connectivity index (χ0v) is 22.4. The number of esters is 1. The second kappa shape index (κ2) is 10.5. The van der Waals surface area contributed by atoms with Crippen LogP contribution >= 0.6 is 23.1 Å². The van der Waals surface area contributed by atoms with Gasteiger partial charge in [-0.25, -0.2) is 14.5 Å². The number of nitrogens with one attached hydrogen (secondary N) is 2. The molecule has 5 rings (SSSR count). The SMILES string of the molecule is CCOC(=O)c1c(NC(=O)[C@@H](C)Sc2nc3c(cnn3-c3ccc(C)cc3)c(=O)[nH]2)sc2c1CCCC2. The molecule has 0 spiro atoms. The lowest BCUT2D eigenvalue weighted by atomic mass is 9.95. The minimum Gasteiger partial charge on any atom is -0.462 e. The first-order chi connectivity index (χ1) is 17.9. The minimum atomic E-state index is -0.592. The van der Waals surface area contributed by atoms with Gasteiger partial charge in [-0.05, 0) is 64.2 Å². The average Bonchev–Trinajstić information content (AvgIpc) is 3.46. The van der Waals surface area contributed by atoms with E-state index in [1.165, 1.54) is 17.5 Å². The number of nitrogens with zero attached hydrogens (tertiary/aromatic N) is 3. The summed E-state index contributed by atoms with van der Waals surface area (Å²) in [5.74, 6) is -0.692. The third-order valence-electron chi connectivity index (χ3n) is 6.24. The molecule has 0 aliphatic heterocycles. The molecule has 1 aromatic carbocycles. The third kappa shape index (κ3) is 5.05. The molecule has 4 aromatic rings. The van der Waals surface area contributed by atoms with E-state index < -0.39 is 11.2 Å². The number of anilines is 1. The normalized spacial score (nSPS) is 13.8. The number of thioether (sulfide) groups is 1. The number of ether oxygens (including phenoxy) is 1. The molecular weight excluding hydrogens is 510 g/mol. The van der Waals surface area contributed by atoms with Crippen LogP contribution in [0.4, 0.5) is 5.00 Å². The molecule has 0 saturated heterocycles. The molecule has 37 heavy (non-hydrogen) atoms. The number of benzene rings is 1. The second-order valence-corrected chi connectivity index (χ2v) is 11.3. The highest BCUT2D eigenvalue weighted by Gasteiger charge is 2.28. The summed E-state index contributed by atoms with van der Waals surface area (Å²) in [6.45, 7) is 5.77. The number of hydrogen-bond donors (Lipinski definition) is 2. The Balaban J connectivity index is 1.39. The van der Waals surface area contributed by atoms with Gasteiger partial charge in [-0.15, -0.1) is 11.3 Å². The number of carbonyl (C=O) groups is 2. The summed E-state index contributed by atoms with van der Waals surface area (Å²) in [7, 11) is 0. The number of aromatic nitrogens is 4. The summed E-state index contributed by atoms with van der Waals surface area (Å²) in [5.41, 5.74) is 3.45. The van der Waals surface area contributed by atoms with Crippen LogP contribution in [0.1, 0.15) is 53.1 Å². The Labute approximate surface area is 221 Å². The number of amides is 1. The molecule has 11 heteroatoms. The standard InChI is InChI=1S/C26H27N5O4S2/c1-4-35-25(34)20-17-7-5-6-8-19(17)37-24(20)29-22(32)15(3)36-26-28-21-18(23(33)30-26)13-27-31(21)16-11-9-14(2)10-12-16/h9-13,15H,4-8H2,1-3H3,(H,29,32)(H,28,30,33)/t15-/m1/s1. The van der Waals surface area contributed by atoms with Crippen molar-refractivity contribution in [1.29, 1.82) is 0 Å². The van der Waals surface area contributed by atoms with Crippen LogP contribution in [0.25, 0.3) is 16.7 Å². The monoisotopic (exact) mass is 537 g/mol. The van der Waals surface area contributed by atoms with Gasteiger partial charge < -0.3 is 15.0 Å². The van der Waals surface area contributed by atoms with Crippen molar-refractivity contribution < 1.29 is 14.3 Å². The van der Waals surface area contributed by atoms with Crippen molar-refractivity contribution in [2.45, 2.75) is 56.9 Å². The van der Waals surface area contributed by atoms with E-state index in [2.05, 4.69) is 20.4 Å². The molecular formula is C26H27N5O4S2. The molecule has 1 amide bonds. The maximum absolute atomic E-state index is 13.2. The predicted octanol–water partition coefficient (Wildman–Crippen LogP) is 4.65. The lowest BCUT2D eigenvalue weighted by Crippen LogP contribution is -2.24. The molecule has 9 nitrogen and oxygen atoms in total. The van der Waals surface area contributed by atoms with Crippen LogP contribution in [0.15, 0.2) is 40.4 Å². The fourth-order valence-corrected chi connectivity index (χ4v) is 6.41. The molecule has 0 radical (unpaired) electrons. The quantitative estimate of drug-likeness (QED) is 0.200. The van der Waals surface area contributed by atoms with E-state index in [9.17, 15) is 14.4 Å². The maximum atomic E-state index is 13.2. The Bertz CT molecular complexity index is 1540. The van der Waals surface area contributed by atoms with Crippen LogP contribution in [-0.2, 0) is 22.4 Å². The molecule has 0 bridgehead atoms. The Hall–Kier alpha value is -3.44. The van der Waals surface area contributed by atoms with E-state index in [0.717, 1.165) is 59.1 Å². The van der Waals surface area contributed by atoms with E-state index in [1.54, 1.807) is 18.5 Å². The van der Waals surface area contributed by atoms with Crippen LogP contribution in [0.5, 0.6) is 0 Å². The van der Waals surface area contributed by atoms with Crippen LogP contribution in [0.2, 0.25) is 0 Å². The summed E-state index contributed by atoms with van der Waals surface area (Å²) in [6, 6.07) is 7.75. The first-order valence-corrected chi connectivity index (χ1v) is 13.9. The van der Waals surface area contributed by atoms with Crippen molar-refractivity contribution in [3.63, 3.8) is 0 Å². The van der Waals surface area contributed by atoms with Crippen molar-refractivity contribution in [1.82, 2.24) is 19.7 Å². The molecule has 1 atom stereocenters. The van der Waals surface area contributed by atoms with Gasteiger partial charge in [0.2, 0.25) is 5.91 Å². The van der Waals surface area contributed by atoms with Crippen LogP contribution in [-0.4, -0.2) is 43.5 Å². The van der Waals surface area contributed by atoms with Gasteiger partial charge >= 0.3 is 5.97 Å². The van der Waals surface area contributed by atoms with Gasteiger partial charge in [-0.1, -0.05) is 29.5 Å². The summed E-state index contributed by atoms with van der Waals surface area (Å²) < 4.78 is 6.90. The number of hydrogen-bond acceptors (Lipinski definition) is 8. The Morgan fingerprint density at radius 1 is 1.24 bits per heavy atom. The maximum Gasteiger partial charge on any atom is 0.341 e. The zero-order valence-electron chi connectivity index (χ0n) is 20.8. The predicted molar refractivity (Wildman–Crippen MR) is 145 cm³/mol. The van der Waals surface area contributed by atoms with E-state index in [0.29, 0.717) is 26.8 Å². The first-order valence-electron chi connectivity index (χ1n) is 12.2. The lowest BCUT2D eigenvalue weighted by molar-refractivity contribution is -0.115. The first kappa shape index (κ1) is 25.2. The molecule has 192 valence electrons. The number of aryl methyl sites for hydroxylation is 2. The Morgan fingerprint density at radius 2 is 2.00 bits per heavy atom. The van der Waals surface area contributed by atoms with Gasteiger partial charge in [0.15, 0.2) is 10.8 Å². The molecule has 2 N–H and O–H groups in total. The van der Waals surface area contributed by atoms with Crippen molar-refractivity contribution in [3.8, 4) is 5.69 Å². The second-order valence-electron chi connectivity index (χ2n) is 8.89. The Morgan fingerprint density at radius 3 is 2.76 bits per heavy atom. The third-order valence-corrected chi connectivity index (χ3v) is 8.43. The highest BCUT2D eigenvalue weighted by Crippen LogP contribution is 2.39. The number of thiophene rings is 1. The molecule has 3 aromatic heterocycles. The lowest BCUT2D eigenvalue weighted by Gasteiger charge is -2.13. The molecule has 0 fully saturated rings. The number of fused-ring (bicyclic) bond motifs is 2. The van der Waals surface area contributed by atoms with Crippen LogP contribution < -0.4 is 10.9 Å². The van der Waals surface area contributed by atoms with Crippen molar-refractivity contribution in [2.24, 2.45) is 0 Å². The van der Waals surface area contributed by atoms with E-state index in [1.807, 2.05) is 31.2 Å². The fourth-order valence-electron chi connectivity index (χ4n) is 4.34. The van der Waals surface area contributed by atoms with Crippen molar-refractivity contribution in [3.05, 3.63) is 62.4 Å². The number of carbonyl (C=O) groups excluding carboxylic acids is 2. The zero-order chi connectivity index (χ0) is 26.1. The van der Waals surface area contributed by atoms with E-state index in [4.69, 9.17) is 4.74 Å². The fraction of sp³-hybridized carbons (Fsp3) is 0.346. The van der Waals surface area contributed by atoms with Gasteiger partial charge in [0, 0.05) is 4.88 Å². The van der Waals surface area contributed by atoms with Crippen molar-refractivity contribution >= 4 is 51.0 Å². The van der Waals surface area contributed by atoms with Gasteiger partial charge in [-0.3, -0.25) is 9.59 Å². The molecule has 1 aliphatic rings. The van der Waals surface area contributed by atoms with Crippen molar-refractivity contribution in [2.75, 3.05) is 11.9 Å². The number of rotatable bonds is 7. The van der Waals surface area contributed by atoms with Gasteiger partial charge in [0.25, 0.3) is 5.56 Å². The largest absolute Gasteiger partial charge is 0.462 e. The Kier molecular flexibility index (Phi) is 7.16.